The Morgan fingerprint density at radius 1 is 1.17 bits per heavy atom. The van der Waals surface area contributed by atoms with Gasteiger partial charge in [0.2, 0.25) is 5.91 Å². The number of benzene rings is 2. The smallest absolute Gasteiger partial charge is 0.406 e. The monoisotopic (exact) mass is 339 g/mol. The Hall–Kier alpha value is -2.57. The van der Waals surface area contributed by atoms with Crippen LogP contribution < -0.4 is 10.1 Å². The van der Waals surface area contributed by atoms with Gasteiger partial charge in [-0.05, 0) is 48.7 Å². The van der Waals surface area contributed by atoms with Gasteiger partial charge in [-0.25, -0.2) is 4.39 Å². The van der Waals surface area contributed by atoms with E-state index in [4.69, 9.17) is 0 Å². The number of fused-ring (bicyclic) bond motifs is 1. The van der Waals surface area contributed by atoms with E-state index in [1.165, 1.54) is 24.3 Å². The van der Waals surface area contributed by atoms with Gasteiger partial charge in [0.15, 0.2) is 0 Å². The number of halogens is 4. The van der Waals surface area contributed by atoms with Crippen LogP contribution in [0, 0.1) is 5.82 Å². The zero-order valence-electron chi connectivity index (χ0n) is 12.6. The summed E-state index contributed by atoms with van der Waals surface area (Å²) in [7, 11) is 0. The van der Waals surface area contributed by atoms with Crippen molar-refractivity contribution in [2.75, 3.05) is 5.32 Å². The minimum atomic E-state index is -4.83. The molecular formula is C17H13F4NO2. The normalized spacial score (nSPS) is 19.8. The van der Waals surface area contributed by atoms with Gasteiger partial charge >= 0.3 is 6.36 Å². The summed E-state index contributed by atoms with van der Waals surface area (Å²) in [5.41, 5.74) is -0.140. The van der Waals surface area contributed by atoms with Crippen LogP contribution in [-0.4, -0.2) is 12.3 Å². The molecule has 1 heterocycles. The fourth-order valence-electron chi connectivity index (χ4n) is 2.87. The van der Waals surface area contributed by atoms with Gasteiger partial charge in [-0.2, -0.15) is 0 Å². The number of carbonyl (C=O) groups excluding carboxylic acids is 1. The third-order valence-electron chi connectivity index (χ3n) is 4.07. The predicted molar refractivity (Wildman–Crippen MR) is 79.2 cm³/mol. The SMILES string of the molecule is CC1(Cc2ccccc2F)C(=O)Nc2ccc(OC(F)(F)F)cc21. The first kappa shape index (κ1) is 16.3. The van der Waals surface area contributed by atoms with E-state index in [1.54, 1.807) is 19.1 Å². The molecule has 0 saturated carbocycles. The van der Waals surface area contributed by atoms with Gasteiger partial charge in [-0.3, -0.25) is 4.79 Å². The first-order valence-electron chi connectivity index (χ1n) is 7.14. The van der Waals surface area contributed by atoms with Gasteiger partial charge in [0.05, 0.1) is 5.41 Å². The molecule has 3 nitrogen and oxygen atoms in total. The lowest BCUT2D eigenvalue weighted by molar-refractivity contribution is -0.274. The Balaban J connectivity index is 2.00. The van der Waals surface area contributed by atoms with E-state index in [0.29, 0.717) is 16.8 Å². The topological polar surface area (TPSA) is 38.3 Å². The lowest BCUT2D eigenvalue weighted by atomic mass is 9.78. The maximum atomic E-state index is 13.9. The number of hydrogen-bond donors (Lipinski definition) is 1. The molecule has 0 bridgehead atoms. The van der Waals surface area contributed by atoms with Crippen molar-refractivity contribution in [3.8, 4) is 5.75 Å². The summed E-state index contributed by atoms with van der Waals surface area (Å²) in [4.78, 5) is 12.4. The van der Waals surface area contributed by atoms with Crippen molar-refractivity contribution in [2.45, 2.75) is 25.1 Å². The molecule has 0 fully saturated rings. The molecule has 2 aromatic carbocycles. The molecule has 24 heavy (non-hydrogen) atoms. The second-order valence-electron chi connectivity index (χ2n) is 5.81. The lowest BCUT2D eigenvalue weighted by Gasteiger charge is -2.23. The third-order valence-corrected chi connectivity index (χ3v) is 4.07. The summed E-state index contributed by atoms with van der Waals surface area (Å²) < 4.78 is 55.1. The summed E-state index contributed by atoms with van der Waals surface area (Å²) >= 11 is 0. The summed E-state index contributed by atoms with van der Waals surface area (Å²) in [6.07, 6.45) is -4.81. The molecule has 1 aliphatic heterocycles. The van der Waals surface area contributed by atoms with Crippen LogP contribution in [0.3, 0.4) is 0 Å². The van der Waals surface area contributed by atoms with Crippen molar-refractivity contribution in [1.82, 2.24) is 0 Å². The van der Waals surface area contributed by atoms with Gasteiger partial charge < -0.3 is 10.1 Å². The number of ether oxygens (including phenoxy) is 1. The van der Waals surface area contributed by atoms with Crippen LogP contribution >= 0.6 is 0 Å². The number of alkyl halides is 3. The quantitative estimate of drug-likeness (QED) is 0.852. The number of carbonyl (C=O) groups is 1. The minimum Gasteiger partial charge on any atom is -0.406 e. The van der Waals surface area contributed by atoms with Gasteiger partial charge in [-0.15, -0.1) is 13.2 Å². The molecule has 0 saturated heterocycles. The maximum Gasteiger partial charge on any atom is 0.573 e. The maximum absolute atomic E-state index is 13.9. The number of nitrogens with one attached hydrogen (secondary N) is 1. The van der Waals surface area contributed by atoms with E-state index in [-0.39, 0.29) is 6.42 Å². The van der Waals surface area contributed by atoms with E-state index in [2.05, 4.69) is 10.1 Å². The zero-order valence-corrected chi connectivity index (χ0v) is 12.6. The Labute approximate surface area is 135 Å². The van der Waals surface area contributed by atoms with Crippen LogP contribution in [-0.2, 0) is 16.6 Å². The highest BCUT2D eigenvalue weighted by molar-refractivity contribution is 6.06. The number of hydrogen-bond acceptors (Lipinski definition) is 2. The largest absolute Gasteiger partial charge is 0.573 e. The van der Waals surface area contributed by atoms with Crippen molar-refractivity contribution >= 4 is 11.6 Å². The molecule has 7 heteroatoms. The fourth-order valence-corrected chi connectivity index (χ4v) is 2.87. The summed E-state index contributed by atoms with van der Waals surface area (Å²) in [5, 5.41) is 2.62. The van der Waals surface area contributed by atoms with Crippen molar-refractivity contribution in [2.24, 2.45) is 0 Å². The van der Waals surface area contributed by atoms with Crippen molar-refractivity contribution in [3.63, 3.8) is 0 Å². The van der Waals surface area contributed by atoms with E-state index < -0.39 is 29.3 Å². The highest BCUT2D eigenvalue weighted by Crippen LogP contribution is 2.42. The van der Waals surface area contributed by atoms with E-state index >= 15 is 0 Å². The van der Waals surface area contributed by atoms with E-state index in [9.17, 15) is 22.4 Å². The summed E-state index contributed by atoms with van der Waals surface area (Å²) in [5.74, 6) is -1.29. The van der Waals surface area contributed by atoms with Crippen LogP contribution in [0.1, 0.15) is 18.1 Å². The van der Waals surface area contributed by atoms with Crippen molar-refractivity contribution < 1.29 is 27.1 Å². The second kappa shape index (κ2) is 5.51. The van der Waals surface area contributed by atoms with Crippen LogP contribution in [0.2, 0.25) is 0 Å². The first-order chi connectivity index (χ1) is 11.2. The average molecular weight is 339 g/mol. The summed E-state index contributed by atoms with van der Waals surface area (Å²) in [6.45, 7) is 1.57. The molecule has 1 aliphatic rings. The predicted octanol–water partition coefficient (Wildman–Crippen LogP) is 4.18. The van der Waals surface area contributed by atoms with Crippen molar-refractivity contribution in [3.05, 3.63) is 59.4 Å². The Bertz CT molecular complexity index is 803. The molecule has 0 aliphatic carbocycles. The van der Waals surface area contributed by atoms with E-state index in [1.807, 2.05) is 0 Å². The minimum absolute atomic E-state index is 0.0218. The summed E-state index contributed by atoms with van der Waals surface area (Å²) in [6, 6.07) is 9.62. The molecule has 1 atom stereocenters. The van der Waals surface area contributed by atoms with Crippen LogP contribution in [0.25, 0.3) is 0 Å². The zero-order chi connectivity index (χ0) is 17.5. The average Bonchev–Trinajstić information content (AvgIpc) is 2.72. The third kappa shape index (κ3) is 2.93. The first-order valence-corrected chi connectivity index (χ1v) is 7.14. The van der Waals surface area contributed by atoms with Crippen molar-refractivity contribution in [1.29, 1.82) is 0 Å². The number of rotatable bonds is 3. The molecule has 0 radical (unpaired) electrons. The number of anilines is 1. The van der Waals surface area contributed by atoms with Crippen LogP contribution in [0.15, 0.2) is 42.5 Å². The highest BCUT2D eigenvalue weighted by Gasteiger charge is 2.44. The van der Waals surface area contributed by atoms with E-state index in [0.717, 1.165) is 6.07 Å². The standard InChI is InChI=1S/C17H13F4NO2/c1-16(9-10-4-2-3-5-13(10)18)12-8-11(24-17(19,20)21)6-7-14(12)22-15(16)23/h2-8H,9H2,1H3,(H,22,23). The van der Waals surface area contributed by atoms with Crippen LogP contribution in [0.4, 0.5) is 23.2 Å². The molecule has 1 N–H and O–H groups in total. The van der Waals surface area contributed by atoms with Gasteiger partial charge in [0, 0.05) is 5.69 Å². The Morgan fingerprint density at radius 3 is 2.54 bits per heavy atom. The Kier molecular flexibility index (Phi) is 3.74. The lowest BCUT2D eigenvalue weighted by Crippen LogP contribution is -2.33. The van der Waals surface area contributed by atoms with Gasteiger partial charge in [0.1, 0.15) is 11.6 Å². The van der Waals surface area contributed by atoms with Gasteiger partial charge in [0.25, 0.3) is 0 Å². The molecule has 0 aromatic heterocycles. The second-order valence-corrected chi connectivity index (χ2v) is 5.81. The Morgan fingerprint density at radius 2 is 1.88 bits per heavy atom. The molecule has 1 unspecified atom stereocenters. The molecule has 0 spiro atoms. The van der Waals surface area contributed by atoms with Crippen LogP contribution in [0.5, 0.6) is 5.75 Å². The number of amides is 1. The fraction of sp³-hybridized carbons (Fsp3) is 0.235. The highest BCUT2D eigenvalue weighted by atomic mass is 19.4. The molecule has 2 aromatic rings. The molecule has 3 rings (SSSR count). The molecular weight excluding hydrogens is 326 g/mol. The molecule has 1 amide bonds. The molecule has 126 valence electrons. The van der Waals surface area contributed by atoms with Gasteiger partial charge in [-0.1, -0.05) is 18.2 Å².